The molecule has 1 aliphatic heterocycles. The van der Waals surface area contributed by atoms with Gasteiger partial charge in [-0.2, -0.15) is 0 Å². The Kier molecular flexibility index (Phi) is 4.97. The number of amides is 1. The average molecular weight is 354 g/mol. The van der Waals surface area contributed by atoms with Crippen LogP contribution in [0.1, 0.15) is 29.6 Å². The lowest BCUT2D eigenvalue weighted by molar-refractivity contribution is 0.0129. The normalized spacial score (nSPS) is 22.5. The van der Waals surface area contributed by atoms with E-state index in [0.717, 1.165) is 19.3 Å². The molecule has 3 heterocycles. The van der Waals surface area contributed by atoms with E-state index < -0.39 is 0 Å². The first-order chi connectivity index (χ1) is 12.8. The summed E-state index contributed by atoms with van der Waals surface area (Å²) in [7, 11) is 0. The van der Waals surface area contributed by atoms with Gasteiger partial charge in [0.15, 0.2) is 0 Å². The van der Waals surface area contributed by atoms with E-state index in [1.807, 2.05) is 18.2 Å². The highest BCUT2D eigenvalue weighted by atomic mass is 16.5. The number of nitrogens with one attached hydrogen (secondary N) is 2. The molecule has 2 fully saturated rings. The molecule has 1 saturated carbocycles. The van der Waals surface area contributed by atoms with Crippen molar-refractivity contribution in [2.24, 2.45) is 0 Å². The van der Waals surface area contributed by atoms with Crippen molar-refractivity contribution in [2.75, 3.05) is 18.5 Å². The van der Waals surface area contributed by atoms with Crippen molar-refractivity contribution in [3.8, 4) is 5.88 Å². The van der Waals surface area contributed by atoms with Gasteiger partial charge in [0.05, 0.1) is 19.3 Å². The maximum absolute atomic E-state index is 12.2. The van der Waals surface area contributed by atoms with Crippen LogP contribution in [0.15, 0.2) is 42.7 Å². The standard InChI is InChI=1S/C19H22N4O3/c24-19(22-14-4-5-14)13-6-9-20-17(11-13)23-15-12-25-10-7-16(15)26-18-3-1-2-8-21-18/h1-3,6,8-9,11,14-16H,4-5,7,10,12H2,(H,20,23)(H,22,24)/t15-,16-/m1/s1. The molecule has 2 atom stereocenters. The molecule has 136 valence electrons. The Hall–Kier alpha value is -2.67. The Morgan fingerprint density at radius 2 is 2.08 bits per heavy atom. The molecule has 2 aliphatic rings. The number of nitrogens with zero attached hydrogens (tertiary/aromatic N) is 2. The third kappa shape index (κ3) is 4.29. The summed E-state index contributed by atoms with van der Waals surface area (Å²) in [6.45, 7) is 1.16. The van der Waals surface area contributed by atoms with Gasteiger partial charge < -0.3 is 20.1 Å². The van der Waals surface area contributed by atoms with Crippen molar-refractivity contribution in [1.82, 2.24) is 15.3 Å². The summed E-state index contributed by atoms with van der Waals surface area (Å²) in [4.78, 5) is 20.8. The van der Waals surface area contributed by atoms with E-state index in [1.165, 1.54) is 0 Å². The maximum atomic E-state index is 12.2. The zero-order valence-electron chi connectivity index (χ0n) is 14.4. The van der Waals surface area contributed by atoms with E-state index in [2.05, 4.69) is 20.6 Å². The molecular weight excluding hydrogens is 332 g/mol. The molecule has 7 heteroatoms. The van der Waals surface area contributed by atoms with Crippen LogP contribution in [-0.2, 0) is 4.74 Å². The van der Waals surface area contributed by atoms with Gasteiger partial charge in [-0.3, -0.25) is 4.79 Å². The lowest BCUT2D eigenvalue weighted by atomic mass is 10.1. The lowest BCUT2D eigenvalue weighted by Crippen LogP contribution is -2.46. The van der Waals surface area contributed by atoms with Crippen LogP contribution < -0.4 is 15.4 Å². The van der Waals surface area contributed by atoms with Gasteiger partial charge in [-0.05, 0) is 31.0 Å². The van der Waals surface area contributed by atoms with Gasteiger partial charge in [0, 0.05) is 36.5 Å². The molecule has 0 unspecified atom stereocenters. The van der Waals surface area contributed by atoms with E-state index in [1.54, 1.807) is 24.5 Å². The van der Waals surface area contributed by atoms with Crippen LogP contribution in [0.25, 0.3) is 0 Å². The van der Waals surface area contributed by atoms with Gasteiger partial charge in [0.1, 0.15) is 11.9 Å². The number of pyridine rings is 2. The second-order valence-corrected chi connectivity index (χ2v) is 6.62. The monoisotopic (exact) mass is 354 g/mol. The van der Waals surface area contributed by atoms with Crippen molar-refractivity contribution < 1.29 is 14.3 Å². The summed E-state index contributed by atoms with van der Waals surface area (Å²) < 4.78 is 11.6. The summed E-state index contributed by atoms with van der Waals surface area (Å²) in [5.41, 5.74) is 0.605. The lowest BCUT2D eigenvalue weighted by Gasteiger charge is -2.32. The fraction of sp³-hybridized carbons (Fsp3) is 0.421. The molecule has 1 aliphatic carbocycles. The highest BCUT2D eigenvalue weighted by Crippen LogP contribution is 2.21. The van der Waals surface area contributed by atoms with Crippen LogP contribution in [0.2, 0.25) is 0 Å². The Morgan fingerprint density at radius 1 is 1.15 bits per heavy atom. The average Bonchev–Trinajstić information content (AvgIpc) is 3.48. The highest BCUT2D eigenvalue weighted by Gasteiger charge is 2.29. The van der Waals surface area contributed by atoms with Gasteiger partial charge in [-0.1, -0.05) is 6.07 Å². The minimum atomic E-state index is -0.0793. The number of carbonyl (C=O) groups excluding carboxylic acids is 1. The molecule has 26 heavy (non-hydrogen) atoms. The van der Waals surface area contributed by atoms with Crippen LogP contribution in [0.3, 0.4) is 0 Å². The van der Waals surface area contributed by atoms with E-state index >= 15 is 0 Å². The highest BCUT2D eigenvalue weighted by molar-refractivity contribution is 5.95. The second-order valence-electron chi connectivity index (χ2n) is 6.62. The van der Waals surface area contributed by atoms with Gasteiger partial charge in [0.2, 0.25) is 5.88 Å². The molecule has 4 rings (SSSR count). The van der Waals surface area contributed by atoms with Crippen LogP contribution in [-0.4, -0.2) is 47.3 Å². The largest absolute Gasteiger partial charge is 0.472 e. The summed E-state index contributed by atoms with van der Waals surface area (Å²) in [6, 6.07) is 9.34. The zero-order chi connectivity index (χ0) is 17.8. The quantitative estimate of drug-likeness (QED) is 0.825. The van der Waals surface area contributed by atoms with Gasteiger partial charge >= 0.3 is 0 Å². The van der Waals surface area contributed by atoms with Gasteiger partial charge in [-0.25, -0.2) is 9.97 Å². The SMILES string of the molecule is O=C(NC1CC1)c1ccnc(N[C@@H]2COCC[C@H]2Oc2ccccn2)c1. The molecule has 0 spiro atoms. The minimum Gasteiger partial charge on any atom is -0.472 e. The van der Waals surface area contributed by atoms with Gasteiger partial charge in [0.25, 0.3) is 5.91 Å². The number of carbonyl (C=O) groups is 1. The molecule has 7 nitrogen and oxygen atoms in total. The first-order valence-corrected chi connectivity index (χ1v) is 8.97. The summed E-state index contributed by atoms with van der Waals surface area (Å²) in [5, 5.41) is 6.34. The van der Waals surface area contributed by atoms with Crippen LogP contribution in [0, 0.1) is 0 Å². The molecule has 2 N–H and O–H groups in total. The molecule has 0 radical (unpaired) electrons. The van der Waals surface area contributed by atoms with Crippen molar-refractivity contribution in [3.63, 3.8) is 0 Å². The van der Waals surface area contributed by atoms with Gasteiger partial charge in [-0.15, -0.1) is 0 Å². The summed E-state index contributed by atoms with van der Waals surface area (Å²) in [6.07, 6.45) is 6.16. The Balaban J connectivity index is 1.43. The van der Waals surface area contributed by atoms with E-state index in [4.69, 9.17) is 9.47 Å². The minimum absolute atomic E-state index is 0.0564. The molecule has 1 amide bonds. The molecule has 2 aromatic rings. The number of hydrogen-bond acceptors (Lipinski definition) is 6. The maximum Gasteiger partial charge on any atom is 0.251 e. The van der Waals surface area contributed by atoms with E-state index in [0.29, 0.717) is 36.5 Å². The Morgan fingerprint density at radius 3 is 2.88 bits per heavy atom. The predicted molar refractivity (Wildman–Crippen MR) is 96.2 cm³/mol. The topological polar surface area (TPSA) is 85.4 Å². The number of ether oxygens (including phenoxy) is 2. The summed E-state index contributed by atoms with van der Waals surface area (Å²) >= 11 is 0. The van der Waals surface area contributed by atoms with E-state index in [-0.39, 0.29) is 18.1 Å². The first kappa shape index (κ1) is 16.8. The van der Waals surface area contributed by atoms with Crippen LogP contribution >= 0.6 is 0 Å². The van der Waals surface area contributed by atoms with Crippen molar-refractivity contribution >= 4 is 11.7 Å². The smallest absolute Gasteiger partial charge is 0.251 e. The van der Waals surface area contributed by atoms with Crippen LogP contribution in [0.5, 0.6) is 5.88 Å². The number of hydrogen-bond donors (Lipinski definition) is 2. The summed E-state index contributed by atoms with van der Waals surface area (Å²) in [5.74, 6) is 1.18. The predicted octanol–water partition coefficient (Wildman–Crippen LogP) is 2.02. The van der Waals surface area contributed by atoms with E-state index in [9.17, 15) is 4.79 Å². The fourth-order valence-corrected chi connectivity index (χ4v) is 2.90. The van der Waals surface area contributed by atoms with Crippen molar-refractivity contribution in [3.05, 3.63) is 48.3 Å². The zero-order valence-corrected chi connectivity index (χ0v) is 14.4. The fourth-order valence-electron chi connectivity index (χ4n) is 2.90. The number of rotatable bonds is 6. The Bertz CT molecular complexity index is 751. The molecular formula is C19H22N4O3. The third-order valence-electron chi connectivity index (χ3n) is 4.47. The molecule has 2 aromatic heterocycles. The molecule has 0 aromatic carbocycles. The Labute approximate surface area is 152 Å². The molecule has 1 saturated heterocycles. The number of aromatic nitrogens is 2. The first-order valence-electron chi connectivity index (χ1n) is 8.97. The third-order valence-corrected chi connectivity index (χ3v) is 4.47. The second kappa shape index (κ2) is 7.70. The number of anilines is 1. The molecule has 0 bridgehead atoms. The van der Waals surface area contributed by atoms with Crippen molar-refractivity contribution in [2.45, 2.75) is 37.5 Å². The van der Waals surface area contributed by atoms with Crippen LogP contribution in [0.4, 0.5) is 5.82 Å². The van der Waals surface area contributed by atoms with Crippen molar-refractivity contribution in [1.29, 1.82) is 0 Å².